The highest BCUT2D eigenvalue weighted by Crippen LogP contribution is 2.25. The Morgan fingerprint density at radius 1 is 1.46 bits per heavy atom. The fraction of sp³-hybridized carbons (Fsp3) is 0.500. The number of nitrogens with zero attached hydrogens (tertiary/aromatic N) is 3. The molecule has 8 heteroatoms. The molecule has 2 aromatic heterocycles. The molecule has 3 heterocycles. The van der Waals surface area contributed by atoms with Gasteiger partial charge in [-0.3, -0.25) is 9.59 Å². The van der Waals surface area contributed by atoms with E-state index in [1.54, 1.807) is 11.1 Å². The zero-order valence-corrected chi connectivity index (χ0v) is 15.4. The molecule has 3 rings (SSSR count). The van der Waals surface area contributed by atoms with E-state index in [4.69, 9.17) is 0 Å². The average molecular weight is 364 g/mol. The van der Waals surface area contributed by atoms with Crippen LogP contribution in [0.25, 0.3) is 0 Å². The van der Waals surface area contributed by atoms with Crippen molar-refractivity contribution in [3.8, 4) is 0 Å². The predicted octanol–water partition coefficient (Wildman–Crippen LogP) is 2.96. The highest BCUT2D eigenvalue weighted by Gasteiger charge is 2.30. The van der Waals surface area contributed by atoms with E-state index < -0.39 is 0 Å². The summed E-state index contributed by atoms with van der Waals surface area (Å²) in [4.78, 5) is 36.2. The van der Waals surface area contributed by atoms with Crippen LogP contribution in [0.15, 0.2) is 11.6 Å². The number of aryl methyl sites for hydroxylation is 2. The maximum Gasteiger partial charge on any atom is 0.265 e. The number of aromatic nitrogens is 2. The Labute approximate surface area is 148 Å². The zero-order valence-electron chi connectivity index (χ0n) is 13.7. The van der Waals surface area contributed by atoms with Crippen LogP contribution in [0.4, 0.5) is 5.13 Å². The number of piperidine rings is 1. The second-order valence-corrected chi connectivity index (χ2v) is 7.77. The molecule has 0 saturated carbocycles. The van der Waals surface area contributed by atoms with Gasteiger partial charge in [0.1, 0.15) is 4.88 Å². The van der Waals surface area contributed by atoms with E-state index in [9.17, 15) is 9.59 Å². The Kier molecular flexibility index (Phi) is 5.25. The number of thiazole rings is 2. The van der Waals surface area contributed by atoms with Crippen molar-refractivity contribution in [3.63, 3.8) is 0 Å². The normalized spacial score (nSPS) is 17.8. The van der Waals surface area contributed by atoms with Crippen LogP contribution in [0.1, 0.15) is 40.1 Å². The van der Waals surface area contributed by atoms with Crippen LogP contribution >= 0.6 is 22.7 Å². The van der Waals surface area contributed by atoms with Crippen LogP contribution < -0.4 is 5.32 Å². The molecule has 0 bridgehead atoms. The number of hydrogen-bond donors (Lipinski definition) is 1. The molecule has 0 aliphatic carbocycles. The topological polar surface area (TPSA) is 75.2 Å². The van der Waals surface area contributed by atoms with Crippen LogP contribution in [-0.4, -0.2) is 39.8 Å². The maximum atomic E-state index is 12.8. The second-order valence-electron chi connectivity index (χ2n) is 5.79. The standard InChI is InChI=1S/C16H20N4O2S2/c1-3-12-18-10(2)13(24-12)15(22)20-7-4-5-11(9-20)14(21)19-16-17-6-8-23-16/h6,8,11H,3-5,7,9H2,1-2H3,(H,17,19,21). The van der Waals surface area contributed by atoms with Crippen LogP contribution in [0.3, 0.4) is 0 Å². The Hall–Kier alpha value is -1.80. The van der Waals surface area contributed by atoms with Gasteiger partial charge < -0.3 is 10.2 Å². The zero-order chi connectivity index (χ0) is 17.1. The SMILES string of the molecule is CCc1nc(C)c(C(=O)N2CCCC(C(=O)Nc3nccs3)C2)s1. The first-order valence-corrected chi connectivity index (χ1v) is 9.74. The summed E-state index contributed by atoms with van der Waals surface area (Å²) in [5.41, 5.74) is 0.788. The Balaban J connectivity index is 1.67. The Morgan fingerprint density at radius 2 is 2.29 bits per heavy atom. The number of carbonyl (C=O) groups is 2. The molecule has 1 aliphatic rings. The minimum atomic E-state index is -0.189. The van der Waals surface area contributed by atoms with Crippen molar-refractivity contribution >= 4 is 39.6 Å². The summed E-state index contributed by atoms with van der Waals surface area (Å²) >= 11 is 2.86. The Morgan fingerprint density at radius 3 is 2.96 bits per heavy atom. The molecule has 1 saturated heterocycles. The average Bonchev–Trinajstić information content (AvgIpc) is 3.23. The molecule has 1 fully saturated rings. The van der Waals surface area contributed by atoms with E-state index in [1.165, 1.54) is 22.7 Å². The van der Waals surface area contributed by atoms with Gasteiger partial charge in [-0.05, 0) is 26.2 Å². The van der Waals surface area contributed by atoms with Crippen molar-refractivity contribution in [2.75, 3.05) is 18.4 Å². The van der Waals surface area contributed by atoms with Gasteiger partial charge in [0.05, 0.1) is 16.6 Å². The first-order valence-electron chi connectivity index (χ1n) is 8.04. The lowest BCUT2D eigenvalue weighted by atomic mass is 9.97. The number of nitrogens with one attached hydrogen (secondary N) is 1. The third-order valence-corrected chi connectivity index (χ3v) is 6.06. The van der Waals surface area contributed by atoms with Gasteiger partial charge in [0, 0.05) is 24.7 Å². The molecule has 2 aromatic rings. The van der Waals surface area contributed by atoms with Gasteiger partial charge in [-0.2, -0.15) is 0 Å². The van der Waals surface area contributed by atoms with Crippen molar-refractivity contribution in [2.24, 2.45) is 5.92 Å². The Bertz CT molecular complexity index is 727. The van der Waals surface area contributed by atoms with E-state index in [-0.39, 0.29) is 17.7 Å². The van der Waals surface area contributed by atoms with Gasteiger partial charge in [0.15, 0.2) is 5.13 Å². The van der Waals surface area contributed by atoms with Gasteiger partial charge >= 0.3 is 0 Å². The summed E-state index contributed by atoms with van der Waals surface area (Å²) in [6, 6.07) is 0. The summed E-state index contributed by atoms with van der Waals surface area (Å²) in [5, 5.41) is 6.24. The third-order valence-electron chi connectivity index (χ3n) is 4.08. The summed E-state index contributed by atoms with van der Waals surface area (Å²) in [7, 11) is 0. The first-order chi connectivity index (χ1) is 11.6. The van der Waals surface area contributed by atoms with E-state index in [2.05, 4.69) is 15.3 Å². The molecular formula is C16H20N4O2S2. The van der Waals surface area contributed by atoms with Gasteiger partial charge in [-0.1, -0.05) is 6.92 Å². The quantitative estimate of drug-likeness (QED) is 0.905. The summed E-state index contributed by atoms with van der Waals surface area (Å²) in [6.07, 6.45) is 4.12. The van der Waals surface area contributed by atoms with Crippen LogP contribution in [0, 0.1) is 12.8 Å². The summed E-state index contributed by atoms with van der Waals surface area (Å²) in [5.74, 6) is -0.250. The molecule has 0 radical (unpaired) electrons. The molecule has 1 aliphatic heterocycles. The predicted molar refractivity (Wildman–Crippen MR) is 95.6 cm³/mol. The molecule has 0 aromatic carbocycles. The number of likely N-dealkylation sites (tertiary alicyclic amines) is 1. The summed E-state index contributed by atoms with van der Waals surface area (Å²) in [6.45, 7) is 5.05. The van der Waals surface area contributed by atoms with E-state index >= 15 is 0 Å². The first kappa shape index (κ1) is 17.0. The van der Waals surface area contributed by atoms with Gasteiger partial charge in [-0.15, -0.1) is 22.7 Å². The van der Waals surface area contributed by atoms with Gasteiger partial charge in [-0.25, -0.2) is 9.97 Å². The van der Waals surface area contributed by atoms with Crippen molar-refractivity contribution in [1.29, 1.82) is 0 Å². The highest BCUT2D eigenvalue weighted by atomic mass is 32.1. The lowest BCUT2D eigenvalue weighted by Gasteiger charge is -2.31. The van der Waals surface area contributed by atoms with Crippen LogP contribution in [0.5, 0.6) is 0 Å². The van der Waals surface area contributed by atoms with Crippen LogP contribution in [0.2, 0.25) is 0 Å². The molecule has 2 amide bonds. The minimum Gasteiger partial charge on any atom is -0.337 e. The van der Waals surface area contributed by atoms with E-state index in [1.807, 2.05) is 19.2 Å². The lowest BCUT2D eigenvalue weighted by Crippen LogP contribution is -2.43. The fourth-order valence-electron chi connectivity index (χ4n) is 2.81. The molecule has 6 nitrogen and oxygen atoms in total. The minimum absolute atomic E-state index is 0.00329. The molecule has 0 spiro atoms. The van der Waals surface area contributed by atoms with Crippen molar-refractivity contribution in [3.05, 3.63) is 27.2 Å². The molecule has 1 unspecified atom stereocenters. The largest absolute Gasteiger partial charge is 0.337 e. The van der Waals surface area contributed by atoms with Gasteiger partial charge in [0.25, 0.3) is 5.91 Å². The number of rotatable bonds is 4. The molecule has 128 valence electrons. The monoisotopic (exact) mass is 364 g/mol. The molecule has 1 atom stereocenters. The van der Waals surface area contributed by atoms with Gasteiger partial charge in [0.2, 0.25) is 5.91 Å². The number of amides is 2. The van der Waals surface area contributed by atoms with E-state index in [0.29, 0.717) is 23.1 Å². The van der Waals surface area contributed by atoms with Crippen molar-refractivity contribution in [1.82, 2.24) is 14.9 Å². The lowest BCUT2D eigenvalue weighted by molar-refractivity contribution is -0.121. The third kappa shape index (κ3) is 3.64. The summed E-state index contributed by atoms with van der Waals surface area (Å²) < 4.78 is 0. The maximum absolute atomic E-state index is 12.8. The number of anilines is 1. The van der Waals surface area contributed by atoms with Crippen LogP contribution in [-0.2, 0) is 11.2 Å². The molecule has 24 heavy (non-hydrogen) atoms. The number of hydrogen-bond acceptors (Lipinski definition) is 6. The smallest absolute Gasteiger partial charge is 0.265 e. The van der Waals surface area contributed by atoms with Crippen molar-refractivity contribution < 1.29 is 9.59 Å². The van der Waals surface area contributed by atoms with E-state index in [0.717, 1.165) is 30.0 Å². The highest BCUT2D eigenvalue weighted by molar-refractivity contribution is 7.14. The molecular weight excluding hydrogens is 344 g/mol. The molecule has 1 N–H and O–H groups in total. The number of carbonyl (C=O) groups excluding carboxylic acids is 2. The van der Waals surface area contributed by atoms with Crippen molar-refractivity contribution in [2.45, 2.75) is 33.1 Å². The second kappa shape index (κ2) is 7.40. The fourth-order valence-corrected chi connectivity index (χ4v) is 4.32.